The molecule has 0 saturated carbocycles. The quantitative estimate of drug-likeness (QED) is 0.822. The SMILES string of the molecule is COCCC(=O)N1CCC[C@@]2(CCN(Cc3c(C)cccc3C)C2)C1. The summed E-state index contributed by atoms with van der Waals surface area (Å²) >= 11 is 0. The number of hydrogen-bond acceptors (Lipinski definition) is 3. The van der Waals surface area contributed by atoms with Crippen LogP contribution in [0.2, 0.25) is 0 Å². The molecule has 1 atom stereocenters. The van der Waals surface area contributed by atoms with E-state index in [0.717, 1.165) is 39.1 Å². The molecule has 25 heavy (non-hydrogen) atoms. The van der Waals surface area contributed by atoms with E-state index in [9.17, 15) is 4.79 Å². The average molecular weight is 344 g/mol. The second kappa shape index (κ2) is 7.88. The Morgan fingerprint density at radius 2 is 1.92 bits per heavy atom. The summed E-state index contributed by atoms with van der Waals surface area (Å²) in [6, 6.07) is 6.57. The Balaban J connectivity index is 1.62. The van der Waals surface area contributed by atoms with Crippen molar-refractivity contribution in [3.63, 3.8) is 0 Å². The number of likely N-dealkylation sites (tertiary alicyclic amines) is 2. The molecule has 0 N–H and O–H groups in total. The number of carbonyl (C=O) groups excluding carboxylic acids is 1. The maximum atomic E-state index is 12.4. The maximum Gasteiger partial charge on any atom is 0.224 e. The number of rotatable bonds is 5. The first-order valence-electron chi connectivity index (χ1n) is 9.57. The average Bonchev–Trinajstić information content (AvgIpc) is 2.98. The van der Waals surface area contributed by atoms with Crippen LogP contribution >= 0.6 is 0 Å². The Labute approximate surface area is 152 Å². The lowest BCUT2D eigenvalue weighted by molar-refractivity contribution is -0.135. The van der Waals surface area contributed by atoms with Crippen molar-refractivity contribution >= 4 is 5.91 Å². The zero-order valence-corrected chi connectivity index (χ0v) is 16.0. The van der Waals surface area contributed by atoms with E-state index in [0.29, 0.717) is 18.4 Å². The largest absolute Gasteiger partial charge is 0.384 e. The van der Waals surface area contributed by atoms with Gasteiger partial charge < -0.3 is 9.64 Å². The van der Waals surface area contributed by atoms with Gasteiger partial charge in [0.25, 0.3) is 0 Å². The topological polar surface area (TPSA) is 32.8 Å². The van der Waals surface area contributed by atoms with Crippen LogP contribution in [0, 0.1) is 19.3 Å². The second-order valence-corrected chi connectivity index (χ2v) is 7.99. The number of nitrogens with zero attached hydrogens (tertiary/aromatic N) is 2. The van der Waals surface area contributed by atoms with Gasteiger partial charge in [0, 0.05) is 38.7 Å². The molecule has 0 aliphatic carbocycles. The predicted molar refractivity (Wildman–Crippen MR) is 101 cm³/mol. The van der Waals surface area contributed by atoms with Crippen molar-refractivity contribution in [2.45, 2.75) is 46.1 Å². The van der Waals surface area contributed by atoms with Crippen molar-refractivity contribution in [1.82, 2.24) is 9.80 Å². The van der Waals surface area contributed by atoms with Crippen LogP contribution in [0.4, 0.5) is 0 Å². The Hall–Kier alpha value is -1.39. The highest BCUT2D eigenvalue weighted by Gasteiger charge is 2.42. The van der Waals surface area contributed by atoms with Gasteiger partial charge in [0.2, 0.25) is 5.91 Å². The van der Waals surface area contributed by atoms with Gasteiger partial charge in [-0.25, -0.2) is 0 Å². The first-order chi connectivity index (χ1) is 12.0. The van der Waals surface area contributed by atoms with E-state index < -0.39 is 0 Å². The molecule has 2 heterocycles. The predicted octanol–water partition coefficient (Wildman–Crippen LogP) is 3.15. The lowest BCUT2D eigenvalue weighted by atomic mass is 9.79. The number of ether oxygens (including phenoxy) is 1. The molecule has 0 unspecified atom stereocenters. The van der Waals surface area contributed by atoms with E-state index in [1.807, 2.05) is 0 Å². The van der Waals surface area contributed by atoms with Gasteiger partial charge in [-0.3, -0.25) is 9.69 Å². The molecule has 0 aromatic heterocycles. The van der Waals surface area contributed by atoms with Crippen LogP contribution in [0.15, 0.2) is 18.2 Å². The minimum atomic E-state index is 0.258. The second-order valence-electron chi connectivity index (χ2n) is 7.99. The number of hydrogen-bond donors (Lipinski definition) is 0. The van der Waals surface area contributed by atoms with Crippen LogP contribution in [0.1, 0.15) is 42.4 Å². The standard InChI is InChI=1S/C21H32N2O2/c1-17-6-4-7-18(2)19(17)14-22-12-10-21(15-22)9-5-11-23(16-21)20(24)8-13-25-3/h4,6-7H,5,8-16H2,1-3H3/t21-/m0/s1. The molecule has 138 valence electrons. The maximum absolute atomic E-state index is 12.4. The first kappa shape index (κ1) is 18.4. The highest BCUT2D eigenvalue weighted by molar-refractivity contribution is 5.76. The lowest BCUT2D eigenvalue weighted by Crippen LogP contribution is -2.47. The summed E-state index contributed by atoms with van der Waals surface area (Å²) in [5, 5.41) is 0. The van der Waals surface area contributed by atoms with Crippen molar-refractivity contribution in [2.24, 2.45) is 5.41 Å². The number of methoxy groups -OCH3 is 1. The van der Waals surface area contributed by atoms with Crippen LogP contribution in [-0.4, -0.2) is 55.6 Å². The molecule has 1 spiro atoms. The van der Waals surface area contributed by atoms with E-state index in [1.54, 1.807) is 7.11 Å². The van der Waals surface area contributed by atoms with Gasteiger partial charge in [-0.05, 0) is 56.3 Å². The van der Waals surface area contributed by atoms with Crippen LogP contribution in [-0.2, 0) is 16.1 Å². The van der Waals surface area contributed by atoms with Crippen molar-refractivity contribution in [2.75, 3.05) is 39.9 Å². The normalized spacial score (nSPS) is 24.2. The van der Waals surface area contributed by atoms with Gasteiger partial charge in [0.15, 0.2) is 0 Å². The van der Waals surface area contributed by atoms with Crippen LogP contribution in [0.25, 0.3) is 0 Å². The Bertz CT molecular complexity index is 596. The molecule has 1 amide bonds. The molecular weight excluding hydrogens is 312 g/mol. The first-order valence-corrected chi connectivity index (χ1v) is 9.57. The number of piperidine rings is 1. The summed E-state index contributed by atoms with van der Waals surface area (Å²) in [5.41, 5.74) is 4.56. The minimum absolute atomic E-state index is 0.258. The lowest BCUT2D eigenvalue weighted by Gasteiger charge is -2.40. The third-order valence-corrected chi connectivity index (χ3v) is 6.08. The number of amides is 1. The smallest absolute Gasteiger partial charge is 0.224 e. The van der Waals surface area contributed by atoms with Crippen molar-refractivity contribution in [1.29, 1.82) is 0 Å². The zero-order valence-electron chi connectivity index (χ0n) is 16.0. The molecule has 3 rings (SSSR count). The Morgan fingerprint density at radius 1 is 1.16 bits per heavy atom. The van der Waals surface area contributed by atoms with Gasteiger partial charge >= 0.3 is 0 Å². The summed E-state index contributed by atoms with van der Waals surface area (Å²) in [7, 11) is 1.66. The number of aryl methyl sites for hydroxylation is 2. The van der Waals surface area contributed by atoms with E-state index in [1.165, 1.54) is 29.5 Å². The molecular formula is C21H32N2O2. The van der Waals surface area contributed by atoms with Gasteiger partial charge in [0.05, 0.1) is 13.0 Å². The summed E-state index contributed by atoms with van der Waals surface area (Å²) < 4.78 is 5.07. The van der Waals surface area contributed by atoms with E-state index >= 15 is 0 Å². The zero-order chi connectivity index (χ0) is 17.9. The fourth-order valence-corrected chi connectivity index (χ4v) is 4.59. The van der Waals surface area contributed by atoms with Gasteiger partial charge in [-0.15, -0.1) is 0 Å². The fourth-order valence-electron chi connectivity index (χ4n) is 4.59. The summed E-state index contributed by atoms with van der Waals surface area (Å²) in [6.45, 7) is 10.1. The van der Waals surface area contributed by atoms with E-state index in [2.05, 4.69) is 41.8 Å². The van der Waals surface area contributed by atoms with E-state index in [-0.39, 0.29) is 5.91 Å². The molecule has 2 saturated heterocycles. The van der Waals surface area contributed by atoms with Crippen LogP contribution in [0.5, 0.6) is 0 Å². The van der Waals surface area contributed by atoms with Gasteiger partial charge in [-0.2, -0.15) is 0 Å². The van der Waals surface area contributed by atoms with Crippen molar-refractivity contribution in [3.05, 3.63) is 34.9 Å². The third-order valence-electron chi connectivity index (χ3n) is 6.08. The fraction of sp³-hybridized carbons (Fsp3) is 0.667. The molecule has 4 heteroatoms. The number of benzene rings is 1. The molecule has 2 fully saturated rings. The molecule has 2 aliphatic rings. The monoisotopic (exact) mass is 344 g/mol. The number of carbonyl (C=O) groups is 1. The molecule has 1 aromatic carbocycles. The summed E-state index contributed by atoms with van der Waals surface area (Å²) in [4.78, 5) is 17.1. The third kappa shape index (κ3) is 4.24. The molecule has 1 aromatic rings. The summed E-state index contributed by atoms with van der Waals surface area (Å²) in [5.74, 6) is 0.258. The molecule has 0 radical (unpaired) electrons. The molecule has 2 aliphatic heterocycles. The minimum Gasteiger partial charge on any atom is -0.384 e. The van der Waals surface area contributed by atoms with Gasteiger partial charge in [0.1, 0.15) is 0 Å². The molecule has 4 nitrogen and oxygen atoms in total. The highest BCUT2D eigenvalue weighted by atomic mass is 16.5. The molecule has 0 bridgehead atoms. The Kier molecular flexibility index (Phi) is 5.80. The van der Waals surface area contributed by atoms with Crippen molar-refractivity contribution in [3.8, 4) is 0 Å². The van der Waals surface area contributed by atoms with Crippen LogP contribution in [0.3, 0.4) is 0 Å². The van der Waals surface area contributed by atoms with E-state index in [4.69, 9.17) is 4.74 Å². The Morgan fingerprint density at radius 3 is 2.64 bits per heavy atom. The van der Waals surface area contributed by atoms with Crippen molar-refractivity contribution < 1.29 is 9.53 Å². The van der Waals surface area contributed by atoms with Crippen LogP contribution < -0.4 is 0 Å². The van der Waals surface area contributed by atoms with Gasteiger partial charge in [-0.1, -0.05) is 18.2 Å². The summed E-state index contributed by atoms with van der Waals surface area (Å²) in [6.07, 6.45) is 4.12. The highest BCUT2D eigenvalue weighted by Crippen LogP contribution is 2.39.